The monoisotopic (exact) mass is 350 g/mol. The molecule has 1 unspecified atom stereocenters. The first-order chi connectivity index (χ1) is 12.3. The quantitative estimate of drug-likeness (QED) is 0.258. The Morgan fingerprint density at radius 3 is 2.48 bits per heavy atom. The Morgan fingerprint density at radius 1 is 1.00 bits per heavy atom. The molecule has 146 valence electrons. The molecule has 0 bridgehead atoms. The minimum Gasteiger partial charge on any atom is -0.396 e. The molecule has 2 N–H and O–H groups in total. The average molecular weight is 351 g/mol. The molecule has 0 fully saturated rings. The molecule has 1 rings (SSSR count). The van der Waals surface area contributed by atoms with Crippen LogP contribution in [0.15, 0.2) is 24.3 Å². The summed E-state index contributed by atoms with van der Waals surface area (Å²) in [6.07, 6.45) is 25.7. The SMILES string of the molecule is CCCCCCC(O)C/C=C/[C@H]1C=CC[C@@H]1CCCCCCCCO. The van der Waals surface area contributed by atoms with Crippen LogP contribution in [0.4, 0.5) is 0 Å². The maximum Gasteiger partial charge on any atom is 0.0574 e. The molecule has 25 heavy (non-hydrogen) atoms. The molecular weight excluding hydrogens is 308 g/mol. The van der Waals surface area contributed by atoms with Crippen LogP contribution in [0.25, 0.3) is 0 Å². The molecule has 0 aliphatic heterocycles. The van der Waals surface area contributed by atoms with Crippen LogP contribution in [0.2, 0.25) is 0 Å². The third kappa shape index (κ3) is 11.6. The molecule has 0 saturated carbocycles. The second kappa shape index (κ2) is 15.6. The summed E-state index contributed by atoms with van der Waals surface area (Å²) in [6, 6.07) is 0. The molecule has 0 amide bonds. The number of aliphatic hydroxyl groups excluding tert-OH is 2. The maximum atomic E-state index is 10.1. The molecule has 2 heteroatoms. The molecule has 0 aromatic rings. The van der Waals surface area contributed by atoms with Crippen LogP contribution in [0.3, 0.4) is 0 Å². The van der Waals surface area contributed by atoms with Crippen LogP contribution in [0.5, 0.6) is 0 Å². The molecule has 1 aliphatic carbocycles. The van der Waals surface area contributed by atoms with Gasteiger partial charge in [-0.15, -0.1) is 0 Å². The Kier molecular flexibility index (Phi) is 14.0. The van der Waals surface area contributed by atoms with E-state index in [1.165, 1.54) is 64.2 Å². The predicted octanol–water partition coefficient (Wildman–Crippen LogP) is 6.18. The Balaban J connectivity index is 2.10. The van der Waals surface area contributed by atoms with Gasteiger partial charge in [0.05, 0.1) is 6.10 Å². The minimum atomic E-state index is -0.157. The topological polar surface area (TPSA) is 40.5 Å². The molecule has 0 spiro atoms. The van der Waals surface area contributed by atoms with Gasteiger partial charge in [-0.25, -0.2) is 0 Å². The summed E-state index contributed by atoms with van der Waals surface area (Å²) < 4.78 is 0. The normalized spacial score (nSPS) is 21.4. The number of rotatable bonds is 16. The third-order valence-electron chi connectivity index (χ3n) is 5.48. The highest BCUT2D eigenvalue weighted by atomic mass is 16.3. The lowest BCUT2D eigenvalue weighted by Gasteiger charge is -2.16. The van der Waals surface area contributed by atoms with Crippen LogP contribution in [-0.2, 0) is 0 Å². The van der Waals surface area contributed by atoms with Crippen molar-refractivity contribution in [1.82, 2.24) is 0 Å². The first-order valence-corrected chi connectivity index (χ1v) is 10.9. The molecule has 0 aromatic heterocycles. The van der Waals surface area contributed by atoms with Crippen molar-refractivity contribution < 1.29 is 10.2 Å². The van der Waals surface area contributed by atoms with Gasteiger partial charge in [0.1, 0.15) is 0 Å². The first kappa shape index (κ1) is 22.4. The van der Waals surface area contributed by atoms with Crippen molar-refractivity contribution in [2.75, 3.05) is 6.61 Å². The summed E-state index contributed by atoms with van der Waals surface area (Å²) in [5, 5.41) is 18.8. The minimum absolute atomic E-state index is 0.157. The van der Waals surface area contributed by atoms with Gasteiger partial charge in [0.2, 0.25) is 0 Å². The highest BCUT2D eigenvalue weighted by Crippen LogP contribution is 2.31. The lowest BCUT2D eigenvalue weighted by molar-refractivity contribution is 0.163. The lowest BCUT2D eigenvalue weighted by Crippen LogP contribution is -2.07. The zero-order valence-electron chi connectivity index (χ0n) is 16.5. The van der Waals surface area contributed by atoms with Gasteiger partial charge in [-0.05, 0) is 43.9 Å². The van der Waals surface area contributed by atoms with E-state index in [0.717, 1.165) is 31.6 Å². The van der Waals surface area contributed by atoms with E-state index in [4.69, 9.17) is 5.11 Å². The average Bonchev–Trinajstić information content (AvgIpc) is 3.05. The van der Waals surface area contributed by atoms with Crippen LogP contribution in [0.1, 0.15) is 96.8 Å². The van der Waals surface area contributed by atoms with E-state index in [1.807, 2.05) is 0 Å². The van der Waals surface area contributed by atoms with Gasteiger partial charge < -0.3 is 10.2 Å². The number of allylic oxidation sites excluding steroid dienone is 3. The van der Waals surface area contributed by atoms with Crippen molar-refractivity contribution in [3.8, 4) is 0 Å². The zero-order chi connectivity index (χ0) is 18.2. The van der Waals surface area contributed by atoms with Gasteiger partial charge in [-0.3, -0.25) is 0 Å². The molecule has 0 radical (unpaired) electrons. The smallest absolute Gasteiger partial charge is 0.0574 e. The van der Waals surface area contributed by atoms with E-state index in [9.17, 15) is 5.11 Å². The molecule has 0 aromatic carbocycles. The van der Waals surface area contributed by atoms with Crippen LogP contribution < -0.4 is 0 Å². The van der Waals surface area contributed by atoms with Crippen molar-refractivity contribution in [2.45, 2.75) is 103 Å². The van der Waals surface area contributed by atoms with E-state index >= 15 is 0 Å². The van der Waals surface area contributed by atoms with E-state index in [1.54, 1.807) is 0 Å². The fourth-order valence-corrected chi connectivity index (χ4v) is 3.80. The molecule has 3 atom stereocenters. The van der Waals surface area contributed by atoms with Crippen LogP contribution in [0, 0.1) is 11.8 Å². The molecule has 0 saturated heterocycles. The zero-order valence-corrected chi connectivity index (χ0v) is 16.5. The summed E-state index contributed by atoms with van der Waals surface area (Å²) >= 11 is 0. The van der Waals surface area contributed by atoms with Crippen molar-refractivity contribution >= 4 is 0 Å². The first-order valence-electron chi connectivity index (χ1n) is 10.9. The van der Waals surface area contributed by atoms with Gasteiger partial charge in [-0.1, -0.05) is 89.0 Å². The standard InChI is InChI=1S/C23H42O2/c1-2-3-4-10-18-23(25)19-13-17-22-16-12-15-21(22)14-9-7-5-6-8-11-20-24/h12-13,16-17,21-25H,2-11,14-15,18-20H2,1H3/b17-13+/t21-,22+,23?/m0/s1. The Morgan fingerprint density at radius 2 is 1.72 bits per heavy atom. The Labute approximate surface area is 156 Å². The van der Waals surface area contributed by atoms with Crippen molar-refractivity contribution in [3.05, 3.63) is 24.3 Å². The van der Waals surface area contributed by atoms with Gasteiger partial charge in [-0.2, -0.15) is 0 Å². The largest absolute Gasteiger partial charge is 0.396 e. The lowest BCUT2D eigenvalue weighted by atomic mass is 9.89. The van der Waals surface area contributed by atoms with Crippen molar-refractivity contribution in [1.29, 1.82) is 0 Å². The fraction of sp³-hybridized carbons (Fsp3) is 0.826. The van der Waals surface area contributed by atoms with Gasteiger partial charge in [0.15, 0.2) is 0 Å². The molecular formula is C23H42O2. The molecule has 2 nitrogen and oxygen atoms in total. The molecule has 0 heterocycles. The Bertz CT molecular complexity index is 348. The van der Waals surface area contributed by atoms with Gasteiger partial charge in [0, 0.05) is 6.61 Å². The number of aliphatic hydroxyl groups is 2. The number of hydrogen-bond donors (Lipinski definition) is 2. The summed E-state index contributed by atoms with van der Waals surface area (Å²) in [7, 11) is 0. The van der Waals surface area contributed by atoms with Crippen molar-refractivity contribution in [2.24, 2.45) is 11.8 Å². The van der Waals surface area contributed by atoms with E-state index in [2.05, 4.69) is 31.2 Å². The third-order valence-corrected chi connectivity index (χ3v) is 5.48. The highest BCUT2D eigenvalue weighted by Gasteiger charge is 2.19. The molecule has 1 aliphatic rings. The summed E-state index contributed by atoms with van der Waals surface area (Å²) in [6.45, 7) is 2.57. The van der Waals surface area contributed by atoms with E-state index in [-0.39, 0.29) is 6.10 Å². The Hall–Kier alpha value is -0.600. The van der Waals surface area contributed by atoms with E-state index < -0.39 is 0 Å². The van der Waals surface area contributed by atoms with Gasteiger partial charge >= 0.3 is 0 Å². The van der Waals surface area contributed by atoms with Crippen LogP contribution >= 0.6 is 0 Å². The number of hydrogen-bond acceptors (Lipinski definition) is 2. The van der Waals surface area contributed by atoms with Crippen molar-refractivity contribution in [3.63, 3.8) is 0 Å². The van der Waals surface area contributed by atoms with Gasteiger partial charge in [0.25, 0.3) is 0 Å². The van der Waals surface area contributed by atoms with Crippen LogP contribution in [-0.4, -0.2) is 22.9 Å². The fourth-order valence-electron chi connectivity index (χ4n) is 3.80. The number of unbranched alkanes of at least 4 members (excludes halogenated alkanes) is 8. The maximum absolute atomic E-state index is 10.1. The van der Waals surface area contributed by atoms with E-state index in [0.29, 0.717) is 12.5 Å². The highest BCUT2D eigenvalue weighted by molar-refractivity contribution is 5.09. The predicted molar refractivity (Wildman–Crippen MR) is 109 cm³/mol. The summed E-state index contributed by atoms with van der Waals surface area (Å²) in [5.74, 6) is 1.36. The summed E-state index contributed by atoms with van der Waals surface area (Å²) in [4.78, 5) is 0. The second-order valence-electron chi connectivity index (χ2n) is 7.80. The summed E-state index contributed by atoms with van der Waals surface area (Å²) in [5.41, 5.74) is 0. The second-order valence-corrected chi connectivity index (χ2v) is 7.80.